The van der Waals surface area contributed by atoms with Gasteiger partial charge in [0.05, 0.1) is 23.2 Å². The minimum Gasteiger partial charge on any atom is -0.460 e. The van der Waals surface area contributed by atoms with Crippen LogP contribution in [-0.4, -0.2) is 37.0 Å². The van der Waals surface area contributed by atoms with Gasteiger partial charge in [0, 0.05) is 23.6 Å². The van der Waals surface area contributed by atoms with Crippen LogP contribution >= 0.6 is 0 Å². The van der Waals surface area contributed by atoms with Crippen molar-refractivity contribution in [3.05, 3.63) is 47.0 Å². The molecule has 1 aliphatic heterocycles. The molecular weight excluding hydrogens is 408 g/mol. The van der Waals surface area contributed by atoms with E-state index in [1.807, 2.05) is 13.0 Å². The zero-order valence-corrected chi connectivity index (χ0v) is 18.0. The third kappa shape index (κ3) is 3.41. The van der Waals surface area contributed by atoms with E-state index >= 15 is 0 Å². The van der Waals surface area contributed by atoms with Crippen molar-refractivity contribution in [2.24, 2.45) is 0 Å². The van der Waals surface area contributed by atoms with E-state index in [0.717, 1.165) is 18.5 Å². The molecule has 8 nitrogen and oxygen atoms in total. The number of hydrogen-bond acceptors (Lipinski definition) is 7. The van der Waals surface area contributed by atoms with E-state index in [1.54, 1.807) is 26.0 Å². The molecule has 1 aliphatic rings. The van der Waals surface area contributed by atoms with E-state index in [4.69, 9.17) is 13.7 Å². The third-order valence-corrected chi connectivity index (χ3v) is 7.35. The molecule has 3 heterocycles. The normalized spacial score (nSPS) is 17.6. The Balaban J connectivity index is 1.71. The quantitative estimate of drug-likeness (QED) is 0.543. The van der Waals surface area contributed by atoms with Gasteiger partial charge in [-0.3, -0.25) is 0 Å². The molecular formula is C21H24N2O6S. The summed E-state index contributed by atoms with van der Waals surface area (Å²) in [5, 5.41) is 4.57. The Morgan fingerprint density at radius 1 is 1.30 bits per heavy atom. The molecule has 0 aliphatic carbocycles. The van der Waals surface area contributed by atoms with Crippen molar-refractivity contribution in [3.8, 4) is 0 Å². The molecule has 0 N–H and O–H groups in total. The van der Waals surface area contributed by atoms with E-state index < -0.39 is 16.0 Å². The summed E-state index contributed by atoms with van der Waals surface area (Å²) >= 11 is 0. The van der Waals surface area contributed by atoms with Gasteiger partial charge in [0.1, 0.15) is 5.58 Å². The average molecular weight is 432 g/mol. The first-order chi connectivity index (χ1) is 14.4. The summed E-state index contributed by atoms with van der Waals surface area (Å²) in [5.74, 6) is 0.0968. The number of aromatic nitrogens is 1. The van der Waals surface area contributed by atoms with Crippen LogP contribution in [-0.2, 0) is 21.2 Å². The summed E-state index contributed by atoms with van der Waals surface area (Å²) in [7, 11) is -3.78. The Morgan fingerprint density at radius 2 is 2.10 bits per heavy atom. The number of fused-ring (bicyclic) bond motifs is 1. The second kappa shape index (κ2) is 7.88. The van der Waals surface area contributed by atoms with Gasteiger partial charge in [0.15, 0.2) is 5.76 Å². The molecule has 160 valence electrons. The smallest absolute Gasteiger partial charge is 0.374 e. The van der Waals surface area contributed by atoms with Gasteiger partial charge >= 0.3 is 5.97 Å². The van der Waals surface area contributed by atoms with E-state index in [1.165, 1.54) is 10.4 Å². The number of benzene rings is 1. The molecule has 0 amide bonds. The molecule has 30 heavy (non-hydrogen) atoms. The fraction of sp³-hybridized carbons (Fsp3) is 0.429. The number of esters is 1. The number of ether oxygens (including phenoxy) is 1. The van der Waals surface area contributed by atoms with E-state index in [2.05, 4.69) is 5.16 Å². The maximum Gasteiger partial charge on any atom is 0.374 e. The maximum absolute atomic E-state index is 13.4. The fourth-order valence-corrected chi connectivity index (χ4v) is 5.54. The predicted molar refractivity (Wildman–Crippen MR) is 109 cm³/mol. The number of furan rings is 1. The van der Waals surface area contributed by atoms with Crippen LogP contribution in [0.25, 0.3) is 11.0 Å². The van der Waals surface area contributed by atoms with Gasteiger partial charge < -0.3 is 13.7 Å². The first kappa shape index (κ1) is 20.6. The van der Waals surface area contributed by atoms with Crippen molar-refractivity contribution in [1.29, 1.82) is 0 Å². The number of nitrogens with zero attached hydrogens (tertiary/aromatic N) is 2. The van der Waals surface area contributed by atoms with E-state index in [9.17, 15) is 13.2 Å². The Hall–Kier alpha value is -2.65. The molecule has 1 saturated heterocycles. The summed E-state index contributed by atoms with van der Waals surface area (Å²) in [5.41, 5.74) is 1.80. The maximum atomic E-state index is 13.4. The molecule has 1 aromatic carbocycles. The summed E-state index contributed by atoms with van der Waals surface area (Å²) in [6, 6.07) is 6.08. The van der Waals surface area contributed by atoms with Crippen molar-refractivity contribution in [2.75, 3.05) is 13.2 Å². The highest BCUT2D eigenvalue weighted by Crippen LogP contribution is 2.38. The number of carbonyl (C=O) groups is 1. The standard InChI is InChI=1S/C21H24N2O6S/c1-4-14-11-19(29-22-14)17-7-6-10-23(17)30(25,26)15-8-9-18-16(12-15)13(3)20(28-18)21(24)27-5-2/h8-9,11-12,17H,4-7,10H2,1-3H3. The molecule has 4 rings (SSSR count). The molecule has 2 aromatic heterocycles. The summed E-state index contributed by atoms with van der Waals surface area (Å²) < 4.78 is 44.4. The largest absolute Gasteiger partial charge is 0.460 e. The van der Waals surface area contributed by atoms with Crippen molar-refractivity contribution < 1.29 is 26.9 Å². The first-order valence-corrected chi connectivity index (χ1v) is 11.5. The molecule has 9 heteroatoms. The van der Waals surface area contributed by atoms with Gasteiger partial charge in [-0.05, 0) is 51.3 Å². The molecule has 1 fully saturated rings. The number of carbonyl (C=O) groups excluding carboxylic acids is 1. The number of aryl methyl sites for hydroxylation is 2. The minimum atomic E-state index is -3.78. The van der Waals surface area contributed by atoms with Crippen LogP contribution in [0.2, 0.25) is 0 Å². The van der Waals surface area contributed by atoms with Gasteiger partial charge in [0.2, 0.25) is 15.8 Å². The highest BCUT2D eigenvalue weighted by atomic mass is 32.2. The van der Waals surface area contributed by atoms with Gasteiger partial charge in [-0.25, -0.2) is 13.2 Å². The van der Waals surface area contributed by atoms with Crippen LogP contribution in [0.3, 0.4) is 0 Å². The lowest BCUT2D eigenvalue weighted by Gasteiger charge is -2.22. The van der Waals surface area contributed by atoms with E-state index in [-0.39, 0.29) is 23.3 Å². The lowest BCUT2D eigenvalue weighted by molar-refractivity contribution is 0.0491. The molecule has 1 atom stereocenters. The van der Waals surface area contributed by atoms with E-state index in [0.29, 0.717) is 35.3 Å². The van der Waals surface area contributed by atoms with Crippen molar-refractivity contribution in [3.63, 3.8) is 0 Å². The second-order valence-corrected chi connectivity index (χ2v) is 9.17. The second-order valence-electron chi connectivity index (χ2n) is 7.28. The Labute approximate surface area is 174 Å². The molecule has 0 radical (unpaired) electrons. The van der Waals surface area contributed by atoms with Crippen molar-refractivity contribution >= 4 is 27.0 Å². The molecule has 0 spiro atoms. The summed E-state index contributed by atoms with van der Waals surface area (Å²) in [6.07, 6.45) is 2.14. The van der Waals surface area contributed by atoms with Crippen LogP contribution in [0.1, 0.15) is 60.3 Å². The molecule has 0 bridgehead atoms. The third-order valence-electron chi connectivity index (χ3n) is 5.45. The fourth-order valence-electron chi connectivity index (χ4n) is 3.85. The van der Waals surface area contributed by atoms with Crippen LogP contribution in [0.15, 0.2) is 38.1 Å². The number of hydrogen-bond donors (Lipinski definition) is 0. The predicted octanol–water partition coefficient (Wildman–Crippen LogP) is 3.99. The Morgan fingerprint density at radius 3 is 2.80 bits per heavy atom. The summed E-state index contributed by atoms with van der Waals surface area (Å²) in [6.45, 7) is 6.04. The lowest BCUT2D eigenvalue weighted by atomic mass is 10.1. The summed E-state index contributed by atoms with van der Waals surface area (Å²) in [4.78, 5) is 12.2. The molecule has 0 saturated carbocycles. The van der Waals surface area contributed by atoms with Gasteiger partial charge in [-0.15, -0.1) is 0 Å². The van der Waals surface area contributed by atoms with Gasteiger partial charge in [-0.1, -0.05) is 12.1 Å². The SMILES string of the molecule is CCOC(=O)c1oc2ccc(S(=O)(=O)N3CCCC3c3cc(CC)no3)cc2c1C. The monoisotopic (exact) mass is 432 g/mol. The number of sulfonamides is 1. The lowest BCUT2D eigenvalue weighted by Crippen LogP contribution is -2.30. The van der Waals surface area contributed by atoms with Crippen LogP contribution in [0, 0.1) is 6.92 Å². The molecule has 1 unspecified atom stereocenters. The minimum absolute atomic E-state index is 0.0919. The zero-order valence-electron chi connectivity index (χ0n) is 17.2. The first-order valence-electron chi connectivity index (χ1n) is 10.0. The van der Waals surface area contributed by atoms with Crippen molar-refractivity contribution in [2.45, 2.75) is 51.0 Å². The molecule has 3 aromatic rings. The van der Waals surface area contributed by atoms with Crippen LogP contribution in [0.5, 0.6) is 0 Å². The Kier molecular flexibility index (Phi) is 5.42. The van der Waals surface area contributed by atoms with Crippen LogP contribution in [0.4, 0.5) is 0 Å². The van der Waals surface area contributed by atoms with Gasteiger partial charge in [0.25, 0.3) is 0 Å². The number of rotatable bonds is 6. The Bertz CT molecular complexity index is 1190. The van der Waals surface area contributed by atoms with Crippen LogP contribution < -0.4 is 0 Å². The highest BCUT2D eigenvalue weighted by molar-refractivity contribution is 7.89. The average Bonchev–Trinajstić information content (AvgIpc) is 3.46. The highest BCUT2D eigenvalue weighted by Gasteiger charge is 2.38. The van der Waals surface area contributed by atoms with Gasteiger partial charge in [-0.2, -0.15) is 4.31 Å². The zero-order chi connectivity index (χ0) is 21.5. The topological polar surface area (TPSA) is 103 Å². The van der Waals surface area contributed by atoms with Crippen molar-refractivity contribution in [1.82, 2.24) is 9.46 Å².